The molecule has 1 aliphatic carbocycles. The summed E-state index contributed by atoms with van der Waals surface area (Å²) in [5.41, 5.74) is 1.32. The van der Waals surface area contributed by atoms with E-state index >= 15 is 0 Å². The molecular weight excluding hydrogens is 248 g/mol. The number of benzene rings is 1. The number of hydrogen-bond donors (Lipinski definition) is 1. The van der Waals surface area contributed by atoms with Crippen LogP contribution in [-0.4, -0.2) is 24.2 Å². The summed E-state index contributed by atoms with van der Waals surface area (Å²) in [7, 11) is 0. The lowest BCUT2D eigenvalue weighted by Crippen LogP contribution is -2.22. The van der Waals surface area contributed by atoms with Gasteiger partial charge in [-0.25, -0.2) is 0 Å². The minimum absolute atomic E-state index is 0.514. The topological polar surface area (TPSA) is 34.1 Å². The average molecular weight is 270 g/mol. The second-order valence-electron chi connectivity index (χ2n) is 5.47. The quantitative estimate of drug-likeness (QED) is 0.818. The molecule has 3 nitrogen and oxygen atoms in total. The molecule has 0 saturated heterocycles. The first-order valence-electron chi connectivity index (χ1n) is 7.57. The average Bonchev–Trinajstić information content (AvgIpc) is 3.00. The van der Waals surface area contributed by atoms with E-state index in [1.807, 2.05) is 12.4 Å². The molecule has 0 unspecified atom stereocenters. The fourth-order valence-corrected chi connectivity index (χ4v) is 2.92. The number of ether oxygens (including phenoxy) is 1. The predicted molar refractivity (Wildman–Crippen MR) is 81.7 cm³/mol. The highest BCUT2D eigenvalue weighted by molar-refractivity contribution is 5.84. The summed E-state index contributed by atoms with van der Waals surface area (Å²) < 4.78 is 5.86. The van der Waals surface area contributed by atoms with Crippen molar-refractivity contribution in [2.24, 2.45) is 0 Å². The van der Waals surface area contributed by atoms with Crippen LogP contribution in [0.2, 0.25) is 0 Å². The van der Waals surface area contributed by atoms with Crippen LogP contribution >= 0.6 is 0 Å². The van der Waals surface area contributed by atoms with E-state index in [4.69, 9.17) is 4.74 Å². The molecule has 0 bridgehead atoms. The van der Waals surface area contributed by atoms with Crippen LogP contribution in [0.25, 0.3) is 10.8 Å². The standard InChI is InChI=1S/C17H22N2O/c1-2-7-16(6-1)20-11-10-19-13-15-5-3-4-14-12-18-9-8-17(14)15/h3-5,8-9,12,16,19H,1-2,6-7,10-11,13H2. The molecule has 1 N–H and O–H groups in total. The third kappa shape index (κ3) is 3.35. The molecule has 20 heavy (non-hydrogen) atoms. The molecule has 1 aromatic carbocycles. The summed E-state index contributed by atoms with van der Waals surface area (Å²) in [6.45, 7) is 2.62. The van der Waals surface area contributed by atoms with Gasteiger partial charge in [0, 0.05) is 30.9 Å². The molecule has 0 aliphatic heterocycles. The highest BCUT2D eigenvalue weighted by Gasteiger charge is 2.14. The smallest absolute Gasteiger partial charge is 0.0594 e. The van der Waals surface area contributed by atoms with E-state index in [-0.39, 0.29) is 0 Å². The molecule has 1 aromatic heterocycles. The van der Waals surface area contributed by atoms with Crippen molar-refractivity contribution in [2.75, 3.05) is 13.2 Å². The predicted octanol–water partition coefficient (Wildman–Crippen LogP) is 3.28. The summed E-state index contributed by atoms with van der Waals surface area (Å²) >= 11 is 0. The van der Waals surface area contributed by atoms with Gasteiger partial charge in [0.2, 0.25) is 0 Å². The fourth-order valence-electron chi connectivity index (χ4n) is 2.92. The van der Waals surface area contributed by atoms with Crippen molar-refractivity contribution in [3.05, 3.63) is 42.2 Å². The molecule has 2 aromatic rings. The SMILES string of the molecule is c1cc(CNCCOC2CCCC2)c2ccncc2c1. The Hall–Kier alpha value is -1.45. The Bertz CT molecular complexity index is 544. The van der Waals surface area contributed by atoms with E-state index in [9.17, 15) is 0 Å². The van der Waals surface area contributed by atoms with E-state index < -0.39 is 0 Å². The van der Waals surface area contributed by atoms with Crippen molar-refractivity contribution in [3.63, 3.8) is 0 Å². The van der Waals surface area contributed by atoms with Crippen molar-refractivity contribution in [1.29, 1.82) is 0 Å². The molecule has 1 saturated carbocycles. The molecular formula is C17H22N2O. The van der Waals surface area contributed by atoms with Crippen molar-refractivity contribution < 1.29 is 4.74 Å². The zero-order valence-electron chi connectivity index (χ0n) is 11.8. The maximum atomic E-state index is 5.86. The van der Waals surface area contributed by atoms with Gasteiger partial charge in [0.25, 0.3) is 0 Å². The number of rotatable bonds is 6. The lowest BCUT2D eigenvalue weighted by Gasteiger charge is -2.12. The Balaban J connectivity index is 1.47. The van der Waals surface area contributed by atoms with Crippen LogP contribution in [0, 0.1) is 0 Å². The van der Waals surface area contributed by atoms with E-state index in [1.54, 1.807) is 0 Å². The second-order valence-corrected chi connectivity index (χ2v) is 5.47. The van der Waals surface area contributed by atoms with Gasteiger partial charge < -0.3 is 10.1 Å². The lowest BCUT2D eigenvalue weighted by atomic mass is 10.1. The number of nitrogens with one attached hydrogen (secondary N) is 1. The Morgan fingerprint density at radius 2 is 2.10 bits per heavy atom. The number of hydrogen-bond acceptors (Lipinski definition) is 3. The summed E-state index contributed by atoms with van der Waals surface area (Å²) in [6.07, 6.45) is 9.45. The van der Waals surface area contributed by atoms with E-state index in [0.717, 1.165) is 19.7 Å². The number of aromatic nitrogens is 1. The minimum Gasteiger partial charge on any atom is -0.377 e. The highest BCUT2D eigenvalue weighted by atomic mass is 16.5. The number of nitrogens with zero attached hydrogens (tertiary/aromatic N) is 1. The Morgan fingerprint density at radius 1 is 1.20 bits per heavy atom. The van der Waals surface area contributed by atoms with Crippen LogP contribution in [0.4, 0.5) is 0 Å². The Labute approximate surface area is 120 Å². The van der Waals surface area contributed by atoms with Crippen molar-refractivity contribution >= 4 is 10.8 Å². The summed E-state index contributed by atoms with van der Waals surface area (Å²) in [5, 5.41) is 5.96. The van der Waals surface area contributed by atoms with Gasteiger partial charge in [0.15, 0.2) is 0 Å². The maximum absolute atomic E-state index is 5.86. The summed E-state index contributed by atoms with van der Waals surface area (Å²) in [6, 6.07) is 8.46. The fraction of sp³-hybridized carbons (Fsp3) is 0.471. The second kappa shape index (κ2) is 6.82. The van der Waals surface area contributed by atoms with E-state index in [1.165, 1.54) is 42.0 Å². The normalized spacial score (nSPS) is 16.0. The molecule has 1 aliphatic rings. The zero-order chi connectivity index (χ0) is 13.6. The third-order valence-electron chi connectivity index (χ3n) is 4.02. The molecule has 0 amide bonds. The largest absolute Gasteiger partial charge is 0.377 e. The first-order valence-corrected chi connectivity index (χ1v) is 7.57. The van der Waals surface area contributed by atoms with Gasteiger partial charge in [-0.3, -0.25) is 4.98 Å². The van der Waals surface area contributed by atoms with Gasteiger partial charge in [0.05, 0.1) is 12.7 Å². The third-order valence-corrected chi connectivity index (χ3v) is 4.02. The van der Waals surface area contributed by atoms with Crippen LogP contribution in [0.15, 0.2) is 36.7 Å². The molecule has 106 valence electrons. The monoisotopic (exact) mass is 270 g/mol. The number of fused-ring (bicyclic) bond motifs is 1. The van der Waals surface area contributed by atoms with Crippen LogP contribution < -0.4 is 5.32 Å². The maximum Gasteiger partial charge on any atom is 0.0594 e. The first kappa shape index (κ1) is 13.5. The zero-order valence-corrected chi connectivity index (χ0v) is 11.8. The molecule has 0 spiro atoms. The summed E-state index contributed by atoms with van der Waals surface area (Å²) in [4.78, 5) is 4.17. The van der Waals surface area contributed by atoms with E-state index in [2.05, 4.69) is 34.6 Å². The van der Waals surface area contributed by atoms with Crippen LogP contribution in [-0.2, 0) is 11.3 Å². The first-order chi connectivity index (χ1) is 9.93. The highest BCUT2D eigenvalue weighted by Crippen LogP contribution is 2.20. The Kier molecular flexibility index (Phi) is 4.61. The van der Waals surface area contributed by atoms with E-state index in [0.29, 0.717) is 6.10 Å². The van der Waals surface area contributed by atoms with Crippen molar-refractivity contribution in [1.82, 2.24) is 10.3 Å². The van der Waals surface area contributed by atoms with Gasteiger partial charge in [-0.15, -0.1) is 0 Å². The van der Waals surface area contributed by atoms with Gasteiger partial charge in [-0.2, -0.15) is 0 Å². The van der Waals surface area contributed by atoms with Crippen molar-refractivity contribution in [3.8, 4) is 0 Å². The van der Waals surface area contributed by atoms with Crippen LogP contribution in [0.5, 0.6) is 0 Å². The van der Waals surface area contributed by atoms with Crippen molar-refractivity contribution in [2.45, 2.75) is 38.3 Å². The Morgan fingerprint density at radius 3 is 3.00 bits per heavy atom. The van der Waals surface area contributed by atoms with Gasteiger partial charge in [-0.1, -0.05) is 31.0 Å². The minimum atomic E-state index is 0.514. The molecule has 3 heteroatoms. The van der Waals surface area contributed by atoms with Crippen LogP contribution in [0.1, 0.15) is 31.2 Å². The van der Waals surface area contributed by atoms with Gasteiger partial charge in [-0.05, 0) is 29.9 Å². The molecule has 0 atom stereocenters. The molecule has 1 heterocycles. The lowest BCUT2D eigenvalue weighted by molar-refractivity contribution is 0.0603. The molecule has 1 fully saturated rings. The van der Waals surface area contributed by atoms with Crippen LogP contribution in [0.3, 0.4) is 0 Å². The number of pyridine rings is 1. The molecule has 3 rings (SSSR count). The van der Waals surface area contributed by atoms with Gasteiger partial charge in [0.1, 0.15) is 0 Å². The van der Waals surface area contributed by atoms with Gasteiger partial charge >= 0.3 is 0 Å². The molecule has 0 radical (unpaired) electrons. The summed E-state index contributed by atoms with van der Waals surface area (Å²) in [5.74, 6) is 0.